The summed E-state index contributed by atoms with van der Waals surface area (Å²) in [5.41, 5.74) is 4.88. The number of aromatic nitrogens is 4. The standard InChI is InChI=1S/C42H36N8S/c1-41(2,3)32-18-24(40(51-32)42(4,5)6)13-10-8-7-9-12-23-16-17-27-35-33(23)39-38(49-30(21-45)31(22-46)50-39)26-15-11-14-25(34(26)35)36-37(27)48-29(20-44)28(19-43)47-36/h11,14-18H,7-10,12-13H2,1-6H3. The number of thiophene rings is 1. The Kier molecular flexibility index (Phi) is 8.30. The quantitative estimate of drug-likeness (QED) is 0.0915. The molecular weight excluding hydrogens is 649 g/mol. The highest BCUT2D eigenvalue weighted by Crippen LogP contribution is 2.45. The molecule has 9 heteroatoms. The number of unbranched alkanes of at least 4 members (excludes halogenated alkanes) is 3. The molecule has 0 N–H and O–H groups in total. The van der Waals surface area contributed by atoms with Crippen LogP contribution in [0.15, 0.2) is 36.4 Å². The second kappa shape index (κ2) is 12.5. The van der Waals surface area contributed by atoms with Crippen LogP contribution in [-0.4, -0.2) is 19.9 Å². The SMILES string of the molecule is CC(C)(C)c1cc(CCCCCCc2ccc3c4nc(C#N)c(C#N)nc4c4cccc5c6nc(C#N)c(C#N)nc6c2c3c45)c(C(C)(C)C)s1. The molecule has 0 aliphatic carbocycles. The van der Waals surface area contributed by atoms with Crippen LogP contribution < -0.4 is 0 Å². The van der Waals surface area contributed by atoms with Crippen LogP contribution in [0.1, 0.15) is 111 Å². The van der Waals surface area contributed by atoms with Gasteiger partial charge in [0.15, 0.2) is 22.8 Å². The van der Waals surface area contributed by atoms with E-state index in [1.165, 1.54) is 15.3 Å². The molecule has 8 nitrogen and oxygen atoms in total. The first-order valence-electron chi connectivity index (χ1n) is 17.3. The van der Waals surface area contributed by atoms with Crippen molar-refractivity contribution < 1.29 is 0 Å². The van der Waals surface area contributed by atoms with Gasteiger partial charge in [-0.1, -0.05) is 84.7 Å². The van der Waals surface area contributed by atoms with Crippen molar-refractivity contribution in [3.05, 3.63) is 80.1 Å². The molecule has 250 valence electrons. The molecule has 0 bridgehead atoms. The number of aryl methyl sites for hydroxylation is 2. The third-order valence-electron chi connectivity index (χ3n) is 9.70. The molecule has 3 aromatic heterocycles. The Balaban J connectivity index is 1.30. The van der Waals surface area contributed by atoms with Crippen molar-refractivity contribution in [1.82, 2.24) is 19.9 Å². The average molecular weight is 685 g/mol. The predicted octanol–water partition coefficient (Wildman–Crippen LogP) is 9.96. The summed E-state index contributed by atoms with van der Waals surface area (Å²) in [6.45, 7) is 13.8. The maximum Gasteiger partial charge on any atom is 0.177 e. The van der Waals surface area contributed by atoms with Crippen molar-refractivity contribution in [3.63, 3.8) is 0 Å². The van der Waals surface area contributed by atoms with Gasteiger partial charge in [0.2, 0.25) is 0 Å². The zero-order chi connectivity index (χ0) is 36.2. The summed E-state index contributed by atoms with van der Waals surface area (Å²) in [7, 11) is 0. The van der Waals surface area contributed by atoms with E-state index in [1.807, 2.05) is 47.7 Å². The molecule has 3 heterocycles. The Hall–Kier alpha value is -5.74. The van der Waals surface area contributed by atoms with Gasteiger partial charge < -0.3 is 0 Å². The van der Waals surface area contributed by atoms with Gasteiger partial charge >= 0.3 is 0 Å². The first-order valence-corrected chi connectivity index (χ1v) is 18.1. The van der Waals surface area contributed by atoms with Crippen molar-refractivity contribution in [2.45, 2.75) is 90.9 Å². The normalized spacial score (nSPS) is 12.1. The van der Waals surface area contributed by atoms with E-state index in [9.17, 15) is 21.0 Å². The molecule has 0 aliphatic rings. The molecular formula is C42H36N8S. The first kappa shape index (κ1) is 33.7. The highest BCUT2D eigenvalue weighted by atomic mass is 32.1. The summed E-state index contributed by atoms with van der Waals surface area (Å²) in [6.07, 6.45) is 6.12. The molecule has 0 aliphatic heterocycles. The topological polar surface area (TPSA) is 147 Å². The lowest BCUT2D eigenvalue weighted by Gasteiger charge is -2.20. The lowest BCUT2D eigenvalue weighted by molar-refractivity contribution is 0.588. The smallest absolute Gasteiger partial charge is 0.177 e. The number of fused-ring (bicyclic) bond motifs is 6. The van der Waals surface area contributed by atoms with E-state index in [1.54, 1.807) is 0 Å². The summed E-state index contributed by atoms with van der Waals surface area (Å²) in [5, 5.41) is 44.4. The number of benzene rings is 4. The van der Waals surface area contributed by atoms with Gasteiger partial charge in [0.1, 0.15) is 24.3 Å². The van der Waals surface area contributed by atoms with Crippen LogP contribution in [0.3, 0.4) is 0 Å². The summed E-state index contributed by atoms with van der Waals surface area (Å²) in [4.78, 5) is 21.7. The van der Waals surface area contributed by atoms with Gasteiger partial charge in [0.25, 0.3) is 0 Å². The summed E-state index contributed by atoms with van der Waals surface area (Å²) in [6, 6.07) is 20.5. The molecule has 0 spiro atoms. The molecule has 7 rings (SSSR count). The fraction of sp³-hybridized carbons (Fsp3) is 0.333. The molecule has 0 unspecified atom stereocenters. The minimum absolute atomic E-state index is 0.0153. The Morgan fingerprint density at radius 1 is 0.529 bits per heavy atom. The number of hydrogen-bond acceptors (Lipinski definition) is 9. The lowest BCUT2D eigenvalue weighted by atomic mass is 9.87. The van der Waals surface area contributed by atoms with Crippen molar-refractivity contribution in [2.75, 3.05) is 0 Å². The molecule has 0 saturated carbocycles. The lowest BCUT2D eigenvalue weighted by Crippen LogP contribution is -2.11. The third kappa shape index (κ3) is 5.65. The van der Waals surface area contributed by atoms with E-state index in [2.05, 4.69) is 75.8 Å². The van der Waals surface area contributed by atoms with Crippen LogP contribution in [-0.2, 0) is 23.7 Å². The van der Waals surface area contributed by atoms with Crippen LogP contribution in [0.4, 0.5) is 0 Å². The number of hydrogen-bond donors (Lipinski definition) is 0. The fourth-order valence-electron chi connectivity index (χ4n) is 7.32. The van der Waals surface area contributed by atoms with Gasteiger partial charge in [-0.15, -0.1) is 11.3 Å². The van der Waals surface area contributed by atoms with Crippen LogP contribution >= 0.6 is 11.3 Å². The summed E-state index contributed by atoms with van der Waals surface area (Å²) >= 11 is 1.97. The van der Waals surface area contributed by atoms with Crippen molar-refractivity contribution in [1.29, 1.82) is 21.0 Å². The Morgan fingerprint density at radius 2 is 1.00 bits per heavy atom. The molecule has 0 saturated heterocycles. The van der Waals surface area contributed by atoms with Crippen molar-refractivity contribution >= 4 is 65.7 Å². The van der Waals surface area contributed by atoms with E-state index >= 15 is 0 Å². The van der Waals surface area contributed by atoms with Crippen molar-refractivity contribution in [2.24, 2.45) is 0 Å². The highest BCUT2D eigenvalue weighted by Gasteiger charge is 2.26. The Morgan fingerprint density at radius 3 is 1.49 bits per heavy atom. The molecule has 0 atom stereocenters. The van der Waals surface area contributed by atoms with Gasteiger partial charge in [-0.2, -0.15) is 21.0 Å². The zero-order valence-corrected chi connectivity index (χ0v) is 30.5. The predicted molar refractivity (Wildman–Crippen MR) is 203 cm³/mol. The number of nitriles is 4. The molecule has 4 aromatic carbocycles. The second-order valence-corrected chi connectivity index (χ2v) is 16.4. The third-order valence-corrected chi connectivity index (χ3v) is 11.7. The second-order valence-electron chi connectivity index (χ2n) is 15.3. The summed E-state index contributed by atoms with van der Waals surface area (Å²) in [5.74, 6) is 0. The maximum atomic E-state index is 9.94. The molecule has 0 amide bonds. The molecule has 0 fully saturated rings. The maximum absolute atomic E-state index is 9.94. The Bertz CT molecular complexity index is 2700. The monoisotopic (exact) mass is 684 g/mol. The molecule has 51 heavy (non-hydrogen) atoms. The van der Waals surface area contributed by atoms with Crippen molar-refractivity contribution in [3.8, 4) is 24.3 Å². The van der Waals surface area contributed by atoms with E-state index in [0.29, 0.717) is 22.1 Å². The van der Waals surface area contributed by atoms with Gasteiger partial charge in [0.05, 0.1) is 22.1 Å². The van der Waals surface area contributed by atoms with E-state index in [-0.39, 0.29) is 33.6 Å². The average Bonchev–Trinajstić information content (AvgIpc) is 3.57. The first-order chi connectivity index (χ1) is 24.4. The Labute approximate surface area is 301 Å². The van der Waals surface area contributed by atoms with E-state index in [0.717, 1.165) is 76.4 Å². The summed E-state index contributed by atoms with van der Waals surface area (Å²) < 4.78 is 0. The van der Waals surface area contributed by atoms with Crippen LogP contribution in [0.25, 0.3) is 54.4 Å². The minimum Gasteiger partial charge on any atom is -0.232 e. The van der Waals surface area contributed by atoms with Gasteiger partial charge in [-0.3, -0.25) is 0 Å². The van der Waals surface area contributed by atoms with Crippen LogP contribution in [0.5, 0.6) is 0 Å². The minimum atomic E-state index is -0.0288. The van der Waals surface area contributed by atoms with Gasteiger partial charge in [-0.25, -0.2) is 19.9 Å². The highest BCUT2D eigenvalue weighted by molar-refractivity contribution is 7.12. The van der Waals surface area contributed by atoms with Crippen LogP contribution in [0.2, 0.25) is 0 Å². The number of rotatable bonds is 7. The van der Waals surface area contributed by atoms with E-state index < -0.39 is 0 Å². The van der Waals surface area contributed by atoms with Gasteiger partial charge in [-0.05, 0) is 53.7 Å². The van der Waals surface area contributed by atoms with E-state index in [4.69, 9.17) is 9.97 Å². The largest absolute Gasteiger partial charge is 0.232 e. The molecule has 7 aromatic rings. The van der Waals surface area contributed by atoms with Gasteiger partial charge in [0, 0.05) is 42.1 Å². The zero-order valence-electron chi connectivity index (χ0n) is 29.7. The number of nitrogens with zero attached hydrogens (tertiary/aromatic N) is 8. The fourth-order valence-corrected chi connectivity index (χ4v) is 8.65. The molecule has 0 radical (unpaired) electrons. The van der Waals surface area contributed by atoms with Crippen LogP contribution in [0, 0.1) is 45.3 Å².